The first kappa shape index (κ1) is 14.7. The molecule has 0 saturated heterocycles. The molecule has 0 aliphatic carbocycles. The van der Waals surface area contributed by atoms with Gasteiger partial charge in [-0.05, 0) is 19.2 Å². The fraction of sp³-hybridized carbons (Fsp3) is 0.455. The van der Waals surface area contributed by atoms with Gasteiger partial charge in [0.15, 0.2) is 0 Å². The van der Waals surface area contributed by atoms with Gasteiger partial charge in [-0.3, -0.25) is 0 Å². The molecule has 0 amide bonds. The number of benzene rings is 1. The topological polar surface area (TPSA) is 78.5 Å². The Morgan fingerprint density at radius 3 is 2.44 bits per heavy atom. The maximum Gasteiger partial charge on any atom is 0.416 e. The highest BCUT2D eigenvalue weighted by Gasteiger charge is 2.37. The van der Waals surface area contributed by atoms with E-state index in [0.717, 1.165) is 12.1 Å². The summed E-state index contributed by atoms with van der Waals surface area (Å²) in [4.78, 5) is 0. The van der Waals surface area contributed by atoms with E-state index in [2.05, 4.69) is 5.32 Å². The monoisotopic (exact) mass is 264 g/mol. The van der Waals surface area contributed by atoms with Gasteiger partial charge >= 0.3 is 6.18 Å². The summed E-state index contributed by atoms with van der Waals surface area (Å²) in [5, 5.41) is 21.9. The number of rotatable bonds is 4. The molecule has 102 valence electrons. The number of halogens is 3. The van der Waals surface area contributed by atoms with Gasteiger partial charge in [0.05, 0.1) is 11.7 Å². The lowest BCUT2D eigenvalue weighted by molar-refractivity contribution is -0.139. The Morgan fingerprint density at radius 1 is 1.33 bits per heavy atom. The van der Waals surface area contributed by atoms with E-state index in [1.54, 1.807) is 0 Å². The molecule has 0 saturated carbocycles. The highest BCUT2D eigenvalue weighted by Crippen LogP contribution is 2.38. The predicted molar refractivity (Wildman–Crippen MR) is 60.7 cm³/mol. The van der Waals surface area contributed by atoms with E-state index in [-0.39, 0.29) is 12.2 Å². The summed E-state index contributed by atoms with van der Waals surface area (Å²) in [7, 11) is 1.51. The van der Waals surface area contributed by atoms with Crippen molar-refractivity contribution in [2.45, 2.75) is 18.4 Å². The molecule has 0 spiro atoms. The normalized spacial score (nSPS) is 15.4. The lowest BCUT2D eigenvalue weighted by atomic mass is 9.96. The van der Waals surface area contributed by atoms with Gasteiger partial charge in [0, 0.05) is 17.8 Å². The molecule has 0 heterocycles. The molecule has 1 aromatic rings. The lowest BCUT2D eigenvalue weighted by Gasteiger charge is -2.23. The largest absolute Gasteiger partial charge is 0.416 e. The van der Waals surface area contributed by atoms with Crippen molar-refractivity contribution in [3.63, 3.8) is 0 Å². The van der Waals surface area contributed by atoms with Gasteiger partial charge < -0.3 is 21.3 Å². The minimum atomic E-state index is -4.63. The van der Waals surface area contributed by atoms with Gasteiger partial charge in [-0.15, -0.1) is 0 Å². The fourth-order valence-electron chi connectivity index (χ4n) is 1.67. The molecule has 5 N–H and O–H groups in total. The average molecular weight is 264 g/mol. The zero-order valence-electron chi connectivity index (χ0n) is 9.70. The van der Waals surface area contributed by atoms with Crippen LogP contribution in [-0.2, 0) is 6.18 Å². The van der Waals surface area contributed by atoms with Crippen LogP contribution in [0, 0.1) is 0 Å². The zero-order valence-corrected chi connectivity index (χ0v) is 9.70. The highest BCUT2D eigenvalue weighted by molar-refractivity contribution is 5.53. The van der Waals surface area contributed by atoms with Gasteiger partial charge in [0.2, 0.25) is 0 Å². The SMILES string of the molecule is CNCC(O)C(O)c1c(N)cccc1C(F)(F)F. The van der Waals surface area contributed by atoms with Crippen molar-refractivity contribution in [3.05, 3.63) is 29.3 Å². The highest BCUT2D eigenvalue weighted by atomic mass is 19.4. The van der Waals surface area contributed by atoms with Crippen LogP contribution in [0.15, 0.2) is 18.2 Å². The number of hydrogen-bond donors (Lipinski definition) is 4. The third-order valence-corrected chi connectivity index (χ3v) is 2.52. The van der Waals surface area contributed by atoms with Crippen molar-refractivity contribution in [2.24, 2.45) is 0 Å². The van der Waals surface area contributed by atoms with Crippen molar-refractivity contribution in [3.8, 4) is 0 Å². The van der Waals surface area contributed by atoms with Crippen LogP contribution in [0.25, 0.3) is 0 Å². The number of likely N-dealkylation sites (N-methyl/N-ethyl adjacent to an activating group) is 1. The van der Waals surface area contributed by atoms with Crippen molar-refractivity contribution < 1.29 is 23.4 Å². The predicted octanol–water partition coefficient (Wildman–Crippen LogP) is 0.901. The Morgan fingerprint density at radius 2 is 1.94 bits per heavy atom. The maximum absolute atomic E-state index is 12.8. The molecule has 2 unspecified atom stereocenters. The molecule has 0 radical (unpaired) electrons. The van der Waals surface area contributed by atoms with Crippen LogP contribution < -0.4 is 11.1 Å². The van der Waals surface area contributed by atoms with E-state index < -0.39 is 29.5 Å². The van der Waals surface area contributed by atoms with Crippen LogP contribution in [0.4, 0.5) is 18.9 Å². The molecule has 1 aromatic carbocycles. The molecule has 0 bridgehead atoms. The zero-order chi connectivity index (χ0) is 13.9. The number of alkyl halides is 3. The van der Waals surface area contributed by atoms with Crippen molar-refractivity contribution >= 4 is 5.69 Å². The number of nitrogens with one attached hydrogen (secondary N) is 1. The lowest BCUT2D eigenvalue weighted by Crippen LogP contribution is -2.31. The molecule has 1 rings (SSSR count). The van der Waals surface area contributed by atoms with Crippen LogP contribution in [0.1, 0.15) is 17.2 Å². The summed E-state index contributed by atoms with van der Waals surface area (Å²) < 4.78 is 38.3. The summed E-state index contributed by atoms with van der Waals surface area (Å²) in [6.45, 7) is -0.0488. The van der Waals surface area contributed by atoms with E-state index in [1.807, 2.05) is 0 Å². The smallest absolute Gasteiger partial charge is 0.398 e. The summed E-state index contributed by atoms with van der Waals surface area (Å²) in [6, 6.07) is 3.22. The van der Waals surface area contributed by atoms with Crippen LogP contribution in [0.5, 0.6) is 0 Å². The van der Waals surface area contributed by atoms with Crippen LogP contribution in [0.3, 0.4) is 0 Å². The number of hydrogen-bond acceptors (Lipinski definition) is 4. The first-order chi connectivity index (χ1) is 8.29. The number of aliphatic hydroxyl groups excluding tert-OH is 2. The van der Waals surface area contributed by atoms with E-state index >= 15 is 0 Å². The third-order valence-electron chi connectivity index (χ3n) is 2.52. The van der Waals surface area contributed by atoms with Gasteiger partial charge in [-0.25, -0.2) is 0 Å². The minimum Gasteiger partial charge on any atom is -0.398 e. The fourth-order valence-corrected chi connectivity index (χ4v) is 1.67. The molecular formula is C11H15F3N2O2. The maximum atomic E-state index is 12.8. The molecule has 0 aromatic heterocycles. The van der Waals surface area contributed by atoms with Crippen molar-refractivity contribution in [2.75, 3.05) is 19.3 Å². The second-order valence-corrected chi connectivity index (χ2v) is 3.88. The second-order valence-electron chi connectivity index (χ2n) is 3.88. The van der Waals surface area contributed by atoms with Gasteiger partial charge in [0.1, 0.15) is 6.10 Å². The Bertz CT molecular complexity index is 410. The Balaban J connectivity index is 3.22. The van der Waals surface area contributed by atoms with E-state index in [4.69, 9.17) is 5.73 Å². The molecule has 0 fully saturated rings. The molecule has 7 heteroatoms. The van der Waals surface area contributed by atoms with Crippen molar-refractivity contribution in [1.82, 2.24) is 5.32 Å². The van der Waals surface area contributed by atoms with E-state index in [1.165, 1.54) is 13.1 Å². The molecule has 18 heavy (non-hydrogen) atoms. The Labute approximate surface area is 102 Å². The average Bonchev–Trinajstić information content (AvgIpc) is 2.27. The second kappa shape index (κ2) is 5.55. The Kier molecular flexibility index (Phi) is 4.55. The number of nitrogens with two attached hydrogens (primary N) is 1. The van der Waals surface area contributed by atoms with E-state index in [9.17, 15) is 23.4 Å². The number of aliphatic hydroxyl groups is 2. The first-order valence-electron chi connectivity index (χ1n) is 5.25. The molecular weight excluding hydrogens is 249 g/mol. The summed E-state index contributed by atoms with van der Waals surface area (Å²) >= 11 is 0. The number of anilines is 1. The van der Waals surface area contributed by atoms with E-state index in [0.29, 0.717) is 0 Å². The molecule has 0 aliphatic heterocycles. The van der Waals surface area contributed by atoms with Gasteiger partial charge in [0.25, 0.3) is 0 Å². The molecule has 2 atom stereocenters. The van der Waals surface area contributed by atoms with Crippen LogP contribution in [-0.4, -0.2) is 29.9 Å². The van der Waals surface area contributed by atoms with Crippen LogP contribution in [0.2, 0.25) is 0 Å². The van der Waals surface area contributed by atoms with Gasteiger partial charge in [-0.1, -0.05) is 6.07 Å². The summed E-state index contributed by atoms with van der Waals surface area (Å²) in [6.07, 6.45) is -7.71. The third kappa shape index (κ3) is 3.12. The summed E-state index contributed by atoms with van der Waals surface area (Å²) in [5.41, 5.74) is 3.73. The quantitative estimate of drug-likeness (QED) is 0.609. The van der Waals surface area contributed by atoms with Crippen molar-refractivity contribution in [1.29, 1.82) is 0 Å². The standard InChI is InChI=1S/C11H15F3N2O2/c1-16-5-8(17)10(18)9-6(11(12,13)14)3-2-4-7(9)15/h2-4,8,10,16-18H,5,15H2,1H3. The molecule has 0 aliphatic rings. The number of nitrogen functional groups attached to an aromatic ring is 1. The Hall–Kier alpha value is -1.31. The summed E-state index contributed by atoms with van der Waals surface area (Å²) in [5.74, 6) is 0. The van der Waals surface area contributed by atoms with Gasteiger partial charge in [-0.2, -0.15) is 13.2 Å². The van der Waals surface area contributed by atoms with Crippen LogP contribution >= 0.6 is 0 Å². The first-order valence-corrected chi connectivity index (χ1v) is 5.25. The molecule has 4 nitrogen and oxygen atoms in total. The minimum absolute atomic E-state index is 0.0488.